The second-order valence-electron chi connectivity index (χ2n) is 15.8. The molecule has 6 heterocycles. The van der Waals surface area contributed by atoms with Crippen molar-refractivity contribution in [3.63, 3.8) is 0 Å². The zero-order chi connectivity index (χ0) is 41.1. The van der Waals surface area contributed by atoms with Crippen molar-refractivity contribution in [2.45, 2.75) is 64.2 Å². The lowest BCUT2D eigenvalue weighted by molar-refractivity contribution is -0.128. The lowest BCUT2D eigenvalue weighted by atomic mass is 9.86. The normalized spacial score (nSPS) is 25.9. The van der Waals surface area contributed by atoms with E-state index in [1.807, 2.05) is 137 Å². The van der Waals surface area contributed by atoms with Gasteiger partial charge in [-0.05, 0) is 63.3 Å². The number of pyridine rings is 2. The van der Waals surface area contributed by atoms with Gasteiger partial charge in [0.1, 0.15) is 0 Å². The Bertz CT molecular complexity index is 2130. The van der Waals surface area contributed by atoms with Crippen molar-refractivity contribution in [2.24, 2.45) is 23.7 Å². The van der Waals surface area contributed by atoms with E-state index in [-0.39, 0.29) is 72.1 Å². The summed E-state index contributed by atoms with van der Waals surface area (Å²) in [6.07, 6.45) is 7.32. The number of aliphatic hydroxyl groups excluding tert-OH is 2. The number of nitrogens with zero attached hydrogens (tertiary/aromatic N) is 4. The fourth-order valence-electron chi connectivity index (χ4n) is 9.83. The molecule has 4 aromatic rings. The van der Waals surface area contributed by atoms with E-state index in [1.54, 1.807) is 9.13 Å². The first-order valence-corrected chi connectivity index (χ1v) is 20.1. The number of rotatable bonds is 10. The molecule has 0 radical (unpaired) electrons. The molecule has 4 aliphatic heterocycles. The van der Waals surface area contributed by atoms with Gasteiger partial charge < -0.3 is 30.0 Å². The van der Waals surface area contributed by atoms with Gasteiger partial charge in [0.15, 0.2) is 0 Å². The monoisotopic (exact) mass is 786 g/mol. The van der Waals surface area contributed by atoms with E-state index >= 15 is 0 Å². The van der Waals surface area contributed by atoms with E-state index in [1.165, 1.54) is 0 Å². The van der Waals surface area contributed by atoms with Crippen molar-refractivity contribution in [1.29, 1.82) is 0 Å². The van der Waals surface area contributed by atoms with Crippen LogP contribution in [-0.4, -0.2) is 80.4 Å². The molecular formula is C46H54N6O6. The highest BCUT2D eigenvalue weighted by Crippen LogP contribution is 2.48. The first kappa shape index (κ1) is 40.8. The SMILES string of the molecule is C/C=C/c1ccc2n(c1=O)C[C@H]1[C@H](CO)[C@@H](C(=O)NCc3ccccc3)[C@@H]2N1C.C/C=C\c1ccc2n(c1=O)C[C@H]1[C@H](CO)[C@@H](C(=O)NCc3ccccc3)[C@@H]2N1C. The number of allylic oxidation sites excluding steroid dienone is 2. The number of amides is 2. The molecule has 2 aromatic heterocycles. The fourth-order valence-corrected chi connectivity index (χ4v) is 9.83. The number of carbonyl (C=O) groups excluding carboxylic acids is 2. The number of hydrogen-bond donors (Lipinski definition) is 4. The minimum atomic E-state index is -0.403. The molecule has 4 bridgehead atoms. The predicted octanol–water partition coefficient (Wildman–Crippen LogP) is 3.58. The Morgan fingerprint density at radius 3 is 1.34 bits per heavy atom. The summed E-state index contributed by atoms with van der Waals surface area (Å²) in [4.78, 5) is 56.6. The second kappa shape index (κ2) is 17.6. The van der Waals surface area contributed by atoms with E-state index in [0.717, 1.165) is 22.5 Å². The third kappa shape index (κ3) is 7.53. The van der Waals surface area contributed by atoms with Crippen LogP contribution >= 0.6 is 0 Å². The molecule has 8 rings (SSSR count). The number of aliphatic hydroxyl groups is 2. The highest BCUT2D eigenvalue weighted by Gasteiger charge is 2.55. The summed E-state index contributed by atoms with van der Waals surface area (Å²) in [6.45, 7) is 5.47. The van der Waals surface area contributed by atoms with Gasteiger partial charge in [-0.1, -0.05) is 85.0 Å². The summed E-state index contributed by atoms with van der Waals surface area (Å²) in [5, 5.41) is 26.3. The number of carbonyl (C=O) groups is 2. The third-order valence-electron chi connectivity index (χ3n) is 12.7. The molecule has 0 aliphatic carbocycles. The third-order valence-corrected chi connectivity index (χ3v) is 12.7. The number of benzene rings is 2. The highest BCUT2D eigenvalue weighted by atomic mass is 16.3. The Labute approximate surface area is 339 Å². The molecule has 4 aliphatic rings. The van der Waals surface area contributed by atoms with E-state index in [4.69, 9.17) is 0 Å². The van der Waals surface area contributed by atoms with Crippen molar-refractivity contribution in [1.82, 2.24) is 29.6 Å². The molecule has 2 amide bonds. The van der Waals surface area contributed by atoms with Gasteiger partial charge in [0.2, 0.25) is 11.8 Å². The van der Waals surface area contributed by atoms with Gasteiger partial charge in [-0.3, -0.25) is 29.0 Å². The van der Waals surface area contributed by atoms with Gasteiger partial charge in [0.25, 0.3) is 11.1 Å². The number of aromatic nitrogens is 2. The quantitative estimate of drug-likeness (QED) is 0.191. The van der Waals surface area contributed by atoms with Crippen LogP contribution in [-0.2, 0) is 35.8 Å². The molecule has 58 heavy (non-hydrogen) atoms. The van der Waals surface area contributed by atoms with E-state index in [9.17, 15) is 29.4 Å². The van der Waals surface area contributed by atoms with Crippen molar-refractivity contribution >= 4 is 24.0 Å². The zero-order valence-corrected chi connectivity index (χ0v) is 33.6. The minimum absolute atomic E-state index is 0.0364. The van der Waals surface area contributed by atoms with Crippen LogP contribution in [0.1, 0.15) is 59.6 Å². The lowest BCUT2D eigenvalue weighted by Gasteiger charge is -2.35. The second-order valence-corrected chi connectivity index (χ2v) is 15.8. The van der Waals surface area contributed by atoms with Crippen molar-refractivity contribution in [2.75, 3.05) is 27.3 Å². The molecule has 12 nitrogen and oxygen atoms in total. The Morgan fingerprint density at radius 2 is 1.00 bits per heavy atom. The molecule has 2 aromatic carbocycles. The van der Waals surface area contributed by atoms with Gasteiger partial charge in [-0.25, -0.2) is 0 Å². The Morgan fingerprint density at radius 1 is 0.621 bits per heavy atom. The van der Waals surface area contributed by atoms with Gasteiger partial charge in [0, 0.05) is 85.8 Å². The van der Waals surface area contributed by atoms with Crippen molar-refractivity contribution in [3.05, 3.63) is 151 Å². The topological polar surface area (TPSA) is 149 Å². The zero-order valence-electron chi connectivity index (χ0n) is 33.6. The van der Waals surface area contributed by atoms with Crippen LogP contribution < -0.4 is 21.8 Å². The smallest absolute Gasteiger partial charge is 0.258 e. The Balaban J connectivity index is 0.000000177. The minimum Gasteiger partial charge on any atom is -0.396 e. The summed E-state index contributed by atoms with van der Waals surface area (Å²) >= 11 is 0. The Hall–Kier alpha value is -5.40. The first-order valence-electron chi connectivity index (χ1n) is 20.1. The molecule has 0 spiro atoms. The standard InChI is InChI=1S/2C23H27N3O3/c2*1-3-7-16-10-11-18-21-20(22(28)24-12-15-8-5-4-6-9-15)17(14-27)19(25(21)2)13-26(18)23(16)29/h2*3-11,17,19-21,27H,12-14H2,1-2H3,(H,24,28)/b7-3+;7-3-/t2*17-,19-,20+,21+/m00/s1. The van der Waals surface area contributed by atoms with Gasteiger partial charge in [0.05, 0.1) is 23.9 Å². The van der Waals surface area contributed by atoms with Crippen LogP contribution in [0.2, 0.25) is 0 Å². The number of hydrogen-bond acceptors (Lipinski definition) is 8. The molecule has 8 atom stereocenters. The van der Waals surface area contributed by atoms with Gasteiger partial charge in [-0.2, -0.15) is 0 Å². The van der Waals surface area contributed by atoms with E-state index < -0.39 is 11.8 Å². The molecule has 0 saturated carbocycles. The maximum Gasteiger partial charge on any atom is 0.258 e. The van der Waals surface area contributed by atoms with Crippen LogP contribution in [0, 0.1) is 23.7 Å². The molecule has 2 saturated heterocycles. The van der Waals surface area contributed by atoms with Crippen LogP contribution in [0.25, 0.3) is 12.2 Å². The molecular weight excluding hydrogens is 733 g/mol. The first-order chi connectivity index (χ1) is 28.1. The van der Waals surface area contributed by atoms with Gasteiger partial charge >= 0.3 is 0 Å². The van der Waals surface area contributed by atoms with E-state index in [0.29, 0.717) is 37.3 Å². The summed E-state index contributed by atoms with van der Waals surface area (Å²) < 4.78 is 3.58. The maximum absolute atomic E-state index is 13.2. The van der Waals surface area contributed by atoms with Crippen molar-refractivity contribution in [3.8, 4) is 0 Å². The molecule has 12 heteroatoms. The largest absolute Gasteiger partial charge is 0.396 e. The van der Waals surface area contributed by atoms with Crippen molar-refractivity contribution < 1.29 is 19.8 Å². The molecule has 4 N–H and O–H groups in total. The number of fused-ring (bicyclic) bond motifs is 8. The number of likely N-dealkylation sites (N-methyl/N-ethyl adjacent to an activating group) is 2. The van der Waals surface area contributed by atoms with Crippen LogP contribution in [0.15, 0.2) is 107 Å². The molecule has 0 unspecified atom stereocenters. The average Bonchev–Trinajstić information content (AvgIpc) is 3.53. The van der Waals surface area contributed by atoms with Gasteiger partial charge in [-0.15, -0.1) is 0 Å². The Kier molecular flexibility index (Phi) is 12.4. The predicted molar refractivity (Wildman–Crippen MR) is 224 cm³/mol. The van der Waals surface area contributed by atoms with E-state index in [2.05, 4.69) is 20.4 Å². The van der Waals surface area contributed by atoms with Crippen LogP contribution in [0.5, 0.6) is 0 Å². The highest BCUT2D eigenvalue weighted by molar-refractivity contribution is 5.81. The molecule has 2 fully saturated rings. The average molecular weight is 787 g/mol. The summed E-state index contributed by atoms with van der Waals surface area (Å²) in [6, 6.07) is 26.5. The summed E-state index contributed by atoms with van der Waals surface area (Å²) in [5.74, 6) is -1.40. The van der Waals surface area contributed by atoms with Crippen LogP contribution in [0.3, 0.4) is 0 Å². The number of nitrogens with one attached hydrogen (secondary N) is 2. The summed E-state index contributed by atoms with van der Waals surface area (Å²) in [7, 11) is 3.96. The lowest BCUT2D eigenvalue weighted by Crippen LogP contribution is -2.44. The molecule has 304 valence electrons. The van der Waals surface area contributed by atoms with Crippen LogP contribution in [0.4, 0.5) is 0 Å². The fraction of sp³-hybridized carbons (Fsp3) is 0.391. The maximum atomic E-state index is 13.2. The summed E-state index contributed by atoms with van der Waals surface area (Å²) in [5.41, 5.74) is 4.97.